The van der Waals surface area contributed by atoms with Crippen LogP contribution in [0.2, 0.25) is 0 Å². The van der Waals surface area contributed by atoms with Crippen LogP contribution in [0.3, 0.4) is 0 Å². The SMILES string of the molecule is COc1ccc(N(C(C)=O)c2nc(/C=N\n3cnc4ccccc43)cs2)cc1. The molecule has 7 nitrogen and oxygen atoms in total. The van der Waals surface area contributed by atoms with Crippen LogP contribution in [0.5, 0.6) is 5.75 Å². The van der Waals surface area contributed by atoms with Crippen LogP contribution in [0.4, 0.5) is 10.8 Å². The molecule has 1 amide bonds. The van der Waals surface area contributed by atoms with Gasteiger partial charge in [0.15, 0.2) is 5.13 Å². The van der Waals surface area contributed by atoms with Gasteiger partial charge < -0.3 is 4.74 Å². The van der Waals surface area contributed by atoms with Crippen LogP contribution >= 0.6 is 11.3 Å². The van der Waals surface area contributed by atoms with Crippen LogP contribution in [0.15, 0.2) is 65.3 Å². The van der Waals surface area contributed by atoms with E-state index in [4.69, 9.17) is 4.74 Å². The summed E-state index contributed by atoms with van der Waals surface area (Å²) in [5.74, 6) is 0.607. The van der Waals surface area contributed by atoms with Gasteiger partial charge in [0.25, 0.3) is 0 Å². The molecule has 2 heterocycles. The number of benzene rings is 2. The van der Waals surface area contributed by atoms with E-state index in [2.05, 4.69) is 15.1 Å². The van der Waals surface area contributed by atoms with E-state index in [1.54, 1.807) is 29.2 Å². The Morgan fingerprint density at radius 3 is 2.75 bits per heavy atom. The fourth-order valence-corrected chi connectivity index (χ4v) is 3.59. The minimum atomic E-state index is -0.122. The summed E-state index contributed by atoms with van der Waals surface area (Å²) >= 11 is 1.38. The number of hydrogen-bond acceptors (Lipinski definition) is 6. The van der Waals surface area contributed by atoms with E-state index in [9.17, 15) is 4.79 Å². The third-order valence-electron chi connectivity index (χ3n) is 4.10. The number of nitrogens with zero attached hydrogens (tertiary/aromatic N) is 5. The van der Waals surface area contributed by atoms with Crippen molar-refractivity contribution in [2.24, 2.45) is 5.10 Å². The Labute approximate surface area is 165 Å². The first kappa shape index (κ1) is 17.9. The number of imidazole rings is 1. The third-order valence-corrected chi connectivity index (χ3v) is 4.94. The molecule has 0 bridgehead atoms. The standard InChI is InChI=1S/C20H17N5O2S/c1-14(26)25(16-7-9-17(27-2)10-8-16)20-23-15(12-28-20)11-22-24-13-21-18-5-3-4-6-19(18)24/h3-13H,1-2H3/b22-11-. The van der Waals surface area contributed by atoms with Gasteiger partial charge in [-0.05, 0) is 36.4 Å². The van der Waals surface area contributed by atoms with Crippen LogP contribution in [-0.2, 0) is 4.79 Å². The van der Waals surface area contributed by atoms with Gasteiger partial charge in [-0.3, -0.25) is 9.69 Å². The summed E-state index contributed by atoms with van der Waals surface area (Å²) in [6.07, 6.45) is 3.31. The Kier molecular flexibility index (Phi) is 4.86. The highest BCUT2D eigenvalue weighted by atomic mass is 32.1. The Hall–Kier alpha value is -3.52. The van der Waals surface area contributed by atoms with Crippen molar-refractivity contribution in [1.29, 1.82) is 0 Å². The zero-order chi connectivity index (χ0) is 19.5. The number of para-hydroxylation sites is 2. The van der Waals surface area contributed by atoms with Crippen LogP contribution < -0.4 is 9.64 Å². The summed E-state index contributed by atoms with van der Waals surface area (Å²) in [5.41, 5.74) is 3.18. The predicted molar refractivity (Wildman–Crippen MR) is 111 cm³/mol. The fraction of sp³-hybridized carbons (Fsp3) is 0.100. The lowest BCUT2D eigenvalue weighted by atomic mass is 10.3. The molecule has 8 heteroatoms. The molecule has 0 atom stereocenters. The summed E-state index contributed by atoms with van der Waals surface area (Å²) in [6, 6.07) is 15.0. The number of fused-ring (bicyclic) bond motifs is 1. The second-order valence-corrected chi connectivity index (χ2v) is 6.77. The van der Waals surface area contributed by atoms with Gasteiger partial charge in [0.1, 0.15) is 12.1 Å². The topological polar surface area (TPSA) is 72.6 Å². The molecule has 0 aliphatic rings. The average molecular weight is 391 g/mol. The van der Waals surface area contributed by atoms with Crippen LogP contribution in [0.1, 0.15) is 12.6 Å². The van der Waals surface area contributed by atoms with Gasteiger partial charge in [-0.25, -0.2) is 14.6 Å². The van der Waals surface area contributed by atoms with E-state index in [-0.39, 0.29) is 5.91 Å². The van der Waals surface area contributed by atoms with E-state index in [1.165, 1.54) is 18.3 Å². The molecular formula is C20H17N5O2S. The minimum absolute atomic E-state index is 0.122. The lowest BCUT2D eigenvalue weighted by Gasteiger charge is -2.18. The van der Waals surface area contributed by atoms with Crippen molar-refractivity contribution in [3.05, 3.63) is 65.9 Å². The van der Waals surface area contributed by atoms with Gasteiger partial charge in [0.05, 0.1) is 35.7 Å². The predicted octanol–water partition coefficient (Wildman–Crippen LogP) is 4.07. The zero-order valence-electron chi connectivity index (χ0n) is 15.3. The average Bonchev–Trinajstić information content (AvgIpc) is 3.34. The first-order valence-corrected chi connectivity index (χ1v) is 9.40. The summed E-state index contributed by atoms with van der Waals surface area (Å²) in [5, 5.41) is 6.87. The third kappa shape index (κ3) is 3.49. The number of hydrogen-bond donors (Lipinski definition) is 0. The number of carbonyl (C=O) groups is 1. The highest BCUT2D eigenvalue weighted by Crippen LogP contribution is 2.29. The van der Waals surface area contributed by atoms with Crippen LogP contribution in [-0.4, -0.2) is 33.9 Å². The minimum Gasteiger partial charge on any atom is -0.497 e. The molecule has 4 aromatic rings. The van der Waals surface area contributed by atoms with Crippen molar-refractivity contribution in [2.75, 3.05) is 12.0 Å². The van der Waals surface area contributed by atoms with Crippen molar-refractivity contribution < 1.29 is 9.53 Å². The van der Waals surface area contributed by atoms with Crippen molar-refractivity contribution >= 4 is 45.3 Å². The molecular weight excluding hydrogens is 374 g/mol. The number of aromatic nitrogens is 3. The van der Waals surface area contributed by atoms with Gasteiger partial charge >= 0.3 is 0 Å². The lowest BCUT2D eigenvalue weighted by molar-refractivity contribution is -0.115. The lowest BCUT2D eigenvalue weighted by Crippen LogP contribution is -2.22. The van der Waals surface area contributed by atoms with E-state index in [0.717, 1.165) is 22.5 Å². The normalized spacial score (nSPS) is 11.2. The molecule has 0 saturated carbocycles. The first-order chi connectivity index (χ1) is 13.7. The van der Waals surface area contributed by atoms with E-state index in [1.807, 2.05) is 53.9 Å². The number of methoxy groups -OCH3 is 1. The molecule has 0 spiro atoms. The number of rotatable bonds is 5. The summed E-state index contributed by atoms with van der Waals surface area (Å²) < 4.78 is 6.87. The fourth-order valence-electron chi connectivity index (χ4n) is 2.76. The zero-order valence-corrected chi connectivity index (χ0v) is 16.1. The maximum Gasteiger partial charge on any atom is 0.230 e. The smallest absolute Gasteiger partial charge is 0.230 e. The van der Waals surface area contributed by atoms with Gasteiger partial charge in [-0.1, -0.05) is 12.1 Å². The van der Waals surface area contributed by atoms with Gasteiger partial charge in [-0.15, -0.1) is 11.3 Å². The molecule has 0 N–H and O–H groups in total. The monoisotopic (exact) mass is 391 g/mol. The van der Waals surface area contributed by atoms with Crippen molar-refractivity contribution in [1.82, 2.24) is 14.6 Å². The summed E-state index contributed by atoms with van der Waals surface area (Å²) in [7, 11) is 1.60. The quantitative estimate of drug-likeness (QED) is 0.481. The number of ether oxygens (including phenoxy) is 1. The van der Waals surface area contributed by atoms with Crippen molar-refractivity contribution in [2.45, 2.75) is 6.92 Å². The molecule has 28 heavy (non-hydrogen) atoms. The van der Waals surface area contributed by atoms with Crippen LogP contribution in [0.25, 0.3) is 11.0 Å². The molecule has 0 saturated heterocycles. The Bertz CT molecular complexity index is 1150. The number of amides is 1. The van der Waals surface area contributed by atoms with Gasteiger partial charge in [0.2, 0.25) is 5.91 Å². The highest BCUT2D eigenvalue weighted by Gasteiger charge is 2.17. The molecule has 0 radical (unpaired) electrons. The van der Waals surface area contributed by atoms with E-state index >= 15 is 0 Å². The molecule has 4 rings (SSSR count). The van der Waals surface area contributed by atoms with Gasteiger partial charge in [-0.2, -0.15) is 5.10 Å². The van der Waals surface area contributed by atoms with Crippen LogP contribution in [0, 0.1) is 0 Å². The molecule has 140 valence electrons. The second-order valence-electron chi connectivity index (χ2n) is 5.93. The first-order valence-electron chi connectivity index (χ1n) is 8.52. The van der Waals surface area contributed by atoms with Gasteiger partial charge in [0, 0.05) is 12.3 Å². The largest absolute Gasteiger partial charge is 0.497 e. The molecule has 0 aliphatic carbocycles. The van der Waals surface area contributed by atoms with Crippen molar-refractivity contribution in [3.63, 3.8) is 0 Å². The number of thiazole rings is 1. The van der Waals surface area contributed by atoms with E-state index in [0.29, 0.717) is 10.8 Å². The number of carbonyl (C=O) groups excluding carboxylic acids is 1. The molecule has 0 aliphatic heterocycles. The Morgan fingerprint density at radius 1 is 1.21 bits per heavy atom. The second kappa shape index (κ2) is 7.61. The maximum absolute atomic E-state index is 12.2. The molecule has 2 aromatic carbocycles. The molecule has 2 aromatic heterocycles. The molecule has 0 unspecified atom stereocenters. The number of anilines is 2. The Balaban J connectivity index is 1.60. The maximum atomic E-state index is 12.2. The summed E-state index contributed by atoms with van der Waals surface area (Å²) in [6.45, 7) is 1.51. The van der Waals surface area contributed by atoms with Crippen molar-refractivity contribution in [3.8, 4) is 5.75 Å². The Morgan fingerprint density at radius 2 is 2.00 bits per heavy atom. The molecule has 0 fully saturated rings. The summed E-state index contributed by atoms with van der Waals surface area (Å²) in [4.78, 5) is 22.6. The highest BCUT2D eigenvalue weighted by molar-refractivity contribution is 7.14. The van der Waals surface area contributed by atoms with E-state index < -0.39 is 0 Å².